The van der Waals surface area contributed by atoms with Gasteiger partial charge in [-0.05, 0) is 37.5 Å². The SMILES string of the molecule is CCC(C)(C(NN)c1ccc(F)c(C)c1)N1CCOCC1. The van der Waals surface area contributed by atoms with Crippen LogP contribution < -0.4 is 11.3 Å². The first-order valence-corrected chi connectivity index (χ1v) is 7.58. The summed E-state index contributed by atoms with van der Waals surface area (Å²) in [6, 6.07) is 5.17. The van der Waals surface area contributed by atoms with E-state index in [0.717, 1.165) is 38.3 Å². The van der Waals surface area contributed by atoms with E-state index in [1.165, 1.54) is 6.07 Å². The van der Waals surface area contributed by atoms with Crippen molar-refractivity contribution in [1.82, 2.24) is 10.3 Å². The lowest BCUT2D eigenvalue weighted by atomic mass is 9.82. The van der Waals surface area contributed by atoms with Gasteiger partial charge in [0.25, 0.3) is 0 Å². The third kappa shape index (κ3) is 3.26. The normalized spacial score (nSPS) is 21.0. The molecule has 0 amide bonds. The monoisotopic (exact) mass is 295 g/mol. The molecule has 0 saturated carbocycles. The van der Waals surface area contributed by atoms with E-state index < -0.39 is 0 Å². The zero-order valence-electron chi connectivity index (χ0n) is 13.2. The lowest BCUT2D eigenvalue weighted by molar-refractivity contribution is -0.0329. The van der Waals surface area contributed by atoms with Gasteiger partial charge in [0.1, 0.15) is 5.82 Å². The Hall–Kier alpha value is -1.01. The molecule has 0 aromatic heterocycles. The van der Waals surface area contributed by atoms with Crippen LogP contribution in [0.2, 0.25) is 0 Å². The van der Waals surface area contributed by atoms with E-state index in [-0.39, 0.29) is 17.4 Å². The molecular formula is C16H26FN3O. The minimum absolute atomic E-state index is 0.0556. The van der Waals surface area contributed by atoms with Crippen molar-refractivity contribution in [3.05, 3.63) is 35.1 Å². The summed E-state index contributed by atoms with van der Waals surface area (Å²) in [5.41, 5.74) is 4.48. The molecule has 1 aliphatic rings. The van der Waals surface area contributed by atoms with Gasteiger partial charge in [0.05, 0.1) is 19.3 Å². The number of nitrogens with zero attached hydrogens (tertiary/aromatic N) is 1. The van der Waals surface area contributed by atoms with Gasteiger partial charge >= 0.3 is 0 Å². The Kier molecular flexibility index (Phi) is 5.32. The molecule has 1 saturated heterocycles. The maximum atomic E-state index is 13.5. The van der Waals surface area contributed by atoms with Crippen molar-refractivity contribution in [2.24, 2.45) is 5.84 Å². The average molecular weight is 295 g/mol. The highest BCUT2D eigenvalue weighted by molar-refractivity contribution is 5.29. The minimum atomic E-state index is -0.181. The van der Waals surface area contributed by atoms with Crippen LogP contribution in [0.25, 0.3) is 0 Å². The van der Waals surface area contributed by atoms with E-state index in [9.17, 15) is 4.39 Å². The molecule has 0 aliphatic carbocycles. The van der Waals surface area contributed by atoms with Crippen LogP contribution in [-0.2, 0) is 4.74 Å². The molecule has 2 atom stereocenters. The number of rotatable bonds is 5. The number of hydrogen-bond donors (Lipinski definition) is 2. The molecule has 1 heterocycles. The maximum Gasteiger partial charge on any atom is 0.126 e. The minimum Gasteiger partial charge on any atom is -0.379 e. The maximum absolute atomic E-state index is 13.5. The largest absolute Gasteiger partial charge is 0.379 e. The van der Waals surface area contributed by atoms with Crippen LogP contribution in [0.1, 0.15) is 37.4 Å². The summed E-state index contributed by atoms with van der Waals surface area (Å²) in [5, 5.41) is 0. The highest BCUT2D eigenvalue weighted by atomic mass is 19.1. The number of ether oxygens (including phenoxy) is 1. The molecular weight excluding hydrogens is 269 g/mol. The van der Waals surface area contributed by atoms with Gasteiger partial charge in [-0.2, -0.15) is 0 Å². The summed E-state index contributed by atoms with van der Waals surface area (Å²) in [7, 11) is 0. The van der Waals surface area contributed by atoms with Crippen LogP contribution >= 0.6 is 0 Å². The number of hydrogen-bond acceptors (Lipinski definition) is 4. The van der Waals surface area contributed by atoms with Gasteiger partial charge in [0.15, 0.2) is 0 Å². The van der Waals surface area contributed by atoms with Crippen LogP contribution in [-0.4, -0.2) is 36.7 Å². The Morgan fingerprint density at radius 3 is 2.62 bits per heavy atom. The van der Waals surface area contributed by atoms with Gasteiger partial charge in [-0.1, -0.05) is 19.1 Å². The number of halogens is 1. The van der Waals surface area contributed by atoms with E-state index >= 15 is 0 Å². The number of morpholine rings is 1. The highest BCUT2D eigenvalue weighted by Crippen LogP contribution is 2.34. The summed E-state index contributed by atoms with van der Waals surface area (Å²) in [4.78, 5) is 2.42. The Bertz CT molecular complexity index is 477. The molecule has 2 unspecified atom stereocenters. The van der Waals surface area contributed by atoms with E-state index in [1.807, 2.05) is 12.1 Å². The molecule has 1 aromatic rings. The Morgan fingerprint density at radius 2 is 2.10 bits per heavy atom. The van der Waals surface area contributed by atoms with E-state index in [2.05, 4.69) is 24.2 Å². The second-order valence-electron chi connectivity index (χ2n) is 5.92. The van der Waals surface area contributed by atoms with Crippen LogP contribution in [0.4, 0.5) is 4.39 Å². The van der Waals surface area contributed by atoms with E-state index in [4.69, 9.17) is 10.6 Å². The number of benzene rings is 1. The summed E-state index contributed by atoms with van der Waals surface area (Å²) < 4.78 is 19.0. The predicted octanol–water partition coefficient (Wildman–Crippen LogP) is 2.14. The number of nitrogens with two attached hydrogens (primary N) is 1. The van der Waals surface area contributed by atoms with Crippen LogP contribution in [0.15, 0.2) is 18.2 Å². The van der Waals surface area contributed by atoms with Gasteiger partial charge in [0.2, 0.25) is 0 Å². The van der Waals surface area contributed by atoms with E-state index in [1.54, 1.807) is 6.92 Å². The molecule has 0 bridgehead atoms. The molecule has 1 aliphatic heterocycles. The molecule has 21 heavy (non-hydrogen) atoms. The molecule has 0 spiro atoms. The quantitative estimate of drug-likeness (QED) is 0.645. The topological polar surface area (TPSA) is 50.5 Å². The lowest BCUT2D eigenvalue weighted by Crippen LogP contribution is -2.58. The summed E-state index contributed by atoms with van der Waals surface area (Å²) in [6.07, 6.45) is 0.943. The molecule has 4 nitrogen and oxygen atoms in total. The second kappa shape index (κ2) is 6.83. The zero-order valence-corrected chi connectivity index (χ0v) is 13.2. The van der Waals surface area contributed by atoms with Crippen molar-refractivity contribution >= 4 is 0 Å². The third-order valence-corrected chi connectivity index (χ3v) is 4.75. The predicted molar refractivity (Wildman–Crippen MR) is 82.3 cm³/mol. The van der Waals surface area contributed by atoms with Crippen molar-refractivity contribution in [3.8, 4) is 0 Å². The smallest absolute Gasteiger partial charge is 0.126 e. The molecule has 118 valence electrons. The summed E-state index contributed by atoms with van der Waals surface area (Å²) >= 11 is 0. The molecule has 3 N–H and O–H groups in total. The van der Waals surface area contributed by atoms with Gasteiger partial charge in [-0.15, -0.1) is 0 Å². The fourth-order valence-corrected chi connectivity index (χ4v) is 3.17. The first-order valence-electron chi connectivity index (χ1n) is 7.58. The Labute approximate surface area is 126 Å². The number of hydrazine groups is 1. The third-order valence-electron chi connectivity index (χ3n) is 4.75. The first-order chi connectivity index (χ1) is 10.0. The van der Waals surface area contributed by atoms with Crippen molar-refractivity contribution in [2.75, 3.05) is 26.3 Å². The molecule has 1 aromatic carbocycles. The fourth-order valence-electron chi connectivity index (χ4n) is 3.17. The van der Waals surface area contributed by atoms with Crippen LogP contribution in [0.3, 0.4) is 0 Å². The molecule has 0 radical (unpaired) electrons. The van der Waals surface area contributed by atoms with Gasteiger partial charge < -0.3 is 4.74 Å². The summed E-state index contributed by atoms with van der Waals surface area (Å²) in [6.45, 7) is 9.43. The molecule has 2 rings (SSSR count). The van der Waals surface area contributed by atoms with Crippen molar-refractivity contribution in [3.63, 3.8) is 0 Å². The standard InChI is InChI=1S/C16H26FN3O/c1-4-16(3,20-7-9-21-10-8-20)15(19-18)13-5-6-14(17)12(2)11-13/h5-6,11,15,19H,4,7-10,18H2,1-3H3. The first kappa shape index (κ1) is 16.4. The summed E-state index contributed by atoms with van der Waals surface area (Å²) in [5.74, 6) is 5.68. The Morgan fingerprint density at radius 1 is 1.43 bits per heavy atom. The van der Waals surface area contributed by atoms with Crippen molar-refractivity contribution < 1.29 is 9.13 Å². The van der Waals surface area contributed by atoms with Crippen LogP contribution in [0, 0.1) is 12.7 Å². The number of aryl methyl sites for hydroxylation is 1. The van der Waals surface area contributed by atoms with E-state index in [0.29, 0.717) is 5.56 Å². The highest BCUT2D eigenvalue weighted by Gasteiger charge is 2.39. The Balaban J connectivity index is 2.33. The van der Waals surface area contributed by atoms with Gasteiger partial charge in [0, 0.05) is 18.6 Å². The second-order valence-corrected chi connectivity index (χ2v) is 5.92. The van der Waals surface area contributed by atoms with Crippen molar-refractivity contribution in [2.45, 2.75) is 38.8 Å². The average Bonchev–Trinajstić information content (AvgIpc) is 2.52. The molecule has 5 heteroatoms. The lowest BCUT2D eigenvalue weighted by Gasteiger charge is -2.47. The van der Waals surface area contributed by atoms with Crippen molar-refractivity contribution in [1.29, 1.82) is 0 Å². The fraction of sp³-hybridized carbons (Fsp3) is 0.625. The van der Waals surface area contributed by atoms with Gasteiger partial charge in [-0.25, -0.2) is 4.39 Å². The zero-order chi connectivity index (χ0) is 15.5. The van der Waals surface area contributed by atoms with Gasteiger partial charge in [-0.3, -0.25) is 16.2 Å². The molecule has 1 fully saturated rings. The number of nitrogens with one attached hydrogen (secondary N) is 1. The van der Waals surface area contributed by atoms with Crippen LogP contribution in [0.5, 0.6) is 0 Å².